The van der Waals surface area contributed by atoms with E-state index in [-0.39, 0.29) is 6.09 Å². The van der Waals surface area contributed by atoms with Crippen molar-refractivity contribution in [3.05, 3.63) is 0 Å². The van der Waals surface area contributed by atoms with Gasteiger partial charge in [-0.2, -0.15) is 0 Å². The average molecular weight is 338 g/mol. The lowest BCUT2D eigenvalue weighted by molar-refractivity contribution is -0.0861. The fourth-order valence-electron chi connectivity index (χ4n) is 3.93. The van der Waals surface area contributed by atoms with Crippen LogP contribution in [0.3, 0.4) is 0 Å². The highest BCUT2D eigenvalue weighted by molar-refractivity contribution is 5.68. The minimum absolute atomic E-state index is 0.161. The second-order valence-electron chi connectivity index (χ2n) is 8.65. The molecule has 2 heterocycles. The van der Waals surface area contributed by atoms with Crippen molar-refractivity contribution in [1.29, 1.82) is 0 Å². The topological polar surface area (TPSA) is 42.0 Å². The zero-order valence-corrected chi connectivity index (χ0v) is 15.6. The van der Waals surface area contributed by atoms with Crippen molar-refractivity contribution in [1.82, 2.24) is 9.80 Å². The summed E-state index contributed by atoms with van der Waals surface area (Å²) >= 11 is 0. The average Bonchev–Trinajstić information content (AvgIpc) is 2.50. The van der Waals surface area contributed by atoms with E-state index in [1.54, 1.807) is 0 Å². The molecule has 0 spiro atoms. The maximum atomic E-state index is 12.2. The van der Waals surface area contributed by atoms with Crippen molar-refractivity contribution in [2.75, 3.05) is 26.2 Å². The maximum absolute atomic E-state index is 12.2. The molecular formula is C19H34N2O3. The molecule has 0 unspecified atom stereocenters. The van der Waals surface area contributed by atoms with Crippen LogP contribution in [0, 0.1) is 0 Å². The molecule has 1 atom stereocenters. The Morgan fingerprint density at radius 1 is 0.917 bits per heavy atom. The van der Waals surface area contributed by atoms with Crippen LogP contribution in [0.5, 0.6) is 0 Å². The van der Waals surface area contributed by atoms with Crippen molar-refractivity contribution in [3.8, 4) is 0 Å². The third-order valence-electron chi connectivity index (χ3n) is 5.48. The number of hydrogen-bond donors (Lipinski definition) is 0. The molecular weight excluding hydrogens is 304 g/mol. The highest BCUT2D eigenvalue weighted by Gasteiger charge is 2.33. The molecule has 3 rings (SSSR count). The van der Waals surface area contributed by atoms with Crippen molar-refractivity contribution < 1.29 is 14.3 Å². The quantitative estimate of drug-likeness (QED) is 0.791. The predicted octanol–water partition coefficient (Wildman–Crippen LogP) is 3.42. The van der Waals surface area contributed by atoms with E-state index >= 15 is 0 Å². The van der Waals surface area contributed by atoms with Crippen LogP contribution in [0.15, 0.2) is 0 Å². The molecule has 0 aromatic rings. The van der Waals surface area contributed by atoms with Crippen molar-refractivity contribution in [2.24, 2.45) is 0 Å². The smallest absolute Gasteiger partial charge is 0.410 e. The molecule has 5 heteroatoms. The summed E-state index contributed by atoms with van der Waals surface area (Å²) in [6.07, 6.45) is 9.19. The normalized spacial score (nSPS) is 27.8. The molecule has 0 bridgehead atoms. The van der Waals surface area contributed by atoms with Crippen LogP contribution in [-0.2, 0) is 9.47 Å². The van der Waals surface area contributed by atoms with Gasteiger partial charge in [0.25, 0.3) is 0 Å². The zero-order chi connectivity index (χ0) is 17.2. The number of amides is 1. The van der Waals surface area contributed by atoms with Gasteiger partial charge < -0.3 is 14.4 Å². The Morgan fingerprint density at radius 3 is 2.17 bits per heavy atom. The molecule has 2 aliphatic heterocycles. The fourth-order valence-corrected chi connectivity index (χ4v) is 3.93. The number of carbonyl (C=O) groups excluding carboxylic acids is 1. The Kier molecular flexibility index (Phi) is 5.70. The zero-order valence-electron chi connectivity index (χ0n) is 15.6. The summed E-state index contributed by atoms with van der Waals surface area (Å²) in [6.45, 7) is 9.65. The second kappa shape index (κ2) is 7.61. The number of rotatable bonds is 3. The monoisotopic (exact) mass is 338 g/mol. The Morgan fingerprint density at radius 2 is 1.58 bits per heavy atom. The predicted molar refractivity (Wildman–Crippen MR) is 94.1 cm³/mol. The highest BCUT2D eigenvalue weighted by Crippen LogP contribution is 2.28. The minimum Gasteiger partial charge on any atom is -0.444 e. The van der Waals surface area contributed by atoms with Gasteiger partial charge in [-0.15, -0.1) is 0 Å². The minimum atomic E-state index is -0.410. The third-order valence-corrected chi connectivity index (χ3v) is 5.48. The largest absolute Gasteiger partial charge is 0.444 e. The van der Waals surface area contributed by atoms with E-state index in [1.165, 1.54) is 38.6 Å². The van der Waals surface area contributed by atoms with Crippen LogP contribution >= 0.6 is 0 Å². The lowest BCUT2D eigenvalue weighted by Gasteiger charge is -2.43. The Bertz CT molecular complexity index is 423. The number of piperidine rings is 2. The Labute approximate surface area is 146 Å². The molecule has 2 saturated heterocycles. The highest BCUT2D eigenvalue weighted by atomic mass is 16.6. The number of likely N-dealkylation sites (tertiary alicyclic amines) is 2. The summed E-state index contributed by atoms with van der Waals surface area (Å²) in [6, 6.07) is 0.594. The Hall–Kier alpha value is -0.810. The summed E-state index contributed by atoms with van der Waals surface area (Å²) in [7, 11) is 0. The third kappa shape index (κ3) is 4.85. The van der Waals surface area contributed by atoms with Gasteiger partial charge in [0, 0.05) is 25.7 Å². The van der Waals surface area contributed by atoms with E-state index in [0.717, 1.165) is 32.5 Å². The molecule has 3 fully saturated rings. The summed E-state index contributed by atoms with van der Waals surface area (Å²) in [5.41, 5.74) is -0.410. The first-order valence-electron chi connectivity index (χ1n) is 9.78. The summed E-state index contributed by atoms with van der Waals surface area (Å²) in [5, 5.41) is 0. The van der Waals surface area contributed by atoms with Crippen molar-refractivity contribution >= 4 is 6.09 Å². The van der Waals surface area contributed by atoms with E-state index in [1.807, 2.05) is 25.7 Å². The number of hydrogen-bond acceptors (Lipinski definition) is 4. The van der Waals surface area contributed by atoms with E-state index < -0.39 is 5.60 Å². The van der Waals surface area contributed by atoms with Crippen LogP contribution < -0.4 is 0 Å². The van der Waals surface area contributed by atoms with Gasteiger partial charge in [0.15, 0.2) is 0 Å². The Balaban J connectivity index is 1.43. The lowest BCUT2D eigenvalue weighted by Crippen LogP contribution is -2.52. The van der Waals surface area contributed by atoms with Gasteiger partial charge in [-0.1, -0.05) is 0 Å². The van der Waals surface area contributed by atoms with Gasteiger partial charge in [0.2, 0.25) is 0 Å². The van der Waals surface area contributed by atoms with Crippen LogP contribution in [0.1, 0.15) is 65.7 Å². The lowest BCUT2D eigenvalue weighted by atomic mass is 9.95. The molecule has 5 nitrogen and oxygen atoms in total. The van der Waals surface area contributed by atoms with Crippen LogP contribution in [-0.4, -0.2) is 65.9 Å². The van der Waals surface area contributed by atoms with Gasteiger partial charge in [-0.25, -0.2) is 4.79 Å². The summed E-state index contributed by atoms with van der Waals surface area (Å²) in [5.74, 6) is 0. The standard InChI is InChI=1S/C19H34N2O3/c1-19(2,3)24-18(22)20-12-9-15(10-13-20)21-11-5-8-17(14-21)23-16-6-4-7-16/h15-17H,4-14H2,1-3H3/t17-/m1/s1. The fraction of sp³-hybridized carbons (Fsp3) is 0.947. The molecule has 1 saturated carbocycles. The first-order chi connectivity index (χ1) is 11.4. The summed E-state index contributed by atoms with van der Waals surface area (Å²) < 4.78 is 11.7. The molecule has 0 N–H and O–H groups in total. The van der Waals surface area contributed by atoms with Gasteiger partial charge in [0.05, 0.1) is 12.2 Å². The van der Waals surface area contributed by atoms with Crippen LogP contribution in [0.2, 0.25) is 0 Å². The molecule has 0 radical (unpaired) electrons. The van der Waals surface area contributed by atoms with Gasteiger partial charge in [0.1, 0.15) is 5.60 Å². The molecule has 1 aliphatic carbocycles. The molecule has 24 heavy (non-hydrogen) atoms. The van der Waals surface area contributed by atoms with E-state index in [9.17, 15) is 4.79 Å². The second-order valence-corrected chi connectivity index (χ2v) is 8.65. The van der Waals surface area contributed by atoms with E-state index in [0.29, 0.717) is 18.2 Å². The van der Waals surface area contributed by atoms with E-state index in [2.05, 4.69) is 4.90 Å². The first kappa shape index (κ1) is 18.0. The van der Waals surface area contributed by atoms with Gasteiger partial charge in [-0.05, 0) is 72.3 Å². The maximum Gasteiger partial charge on any atom is 0.410 e. The molecule has 0 aromatic carbocycles. The molecule has 3 aliphatic rings. The molecule has 138 valence electrons. The number of ether oxygens (including phenoxy) is 2. The molecule has 1 amide bonds. The van der Waals surface area contributed by atoms with Gasteiger partial charge in [-0.3, -0.25) is 4.90 Å². The van der Waals surface area contributed by atoms with Crippen molar-refractivity contribution in [3.63, 3.8) is 0 Å². The SMILES string of the molecule is CC(C)(C)OC(=O)N1CCC(N2CCC[C@@H](OC3CCC3)C2)CC1. The summed E-state index contributed by atoms with van der Waals surface area (Å²) in [4.78, 5) is 16.7. The first-order valence-corrected chi connectivity index (χ1v) is 9.78. The van der Waals surface area contributed by atoms with Gasteiger partial charge >= 0.3 is 6.09 Å². The van der Waals surface area contributed by atoms with Crippen LogP contribution in [0.25, 0.3) is 0 Å². The molecule has 0 aromatic heterocycles. The number of nitrogens with zero attached hydrogens (tertiary/aromatic N) is 2. The van der Waals surface area contributed by atoms with Crippen molar-refractivity contribution in [2.45, 2.75) is 89.6 Å². The van der Waals surface area contributed by atoms with E-state index in [4.69, 9.17) is 9.47 Å². The van der Waals surface area contributed by atoms with Crippen LogP contribution in [0.4, 0.5) is 4.79 Å². The number of carbonyl (C=O) groups is 1.